The second-order valence-corrected chi connectivity index (χ2v) is 9.90. The minimum Gasteiger partial charge on any atom is -0.360 e. The highest BCUT2D eigenvalue weighted by atomic mass is 32.2. The standard InChI is InChI=1S/C18H24FN3O2S2/c19-15-2-1-3-16(12-15)26(23,24)22-8-6-21(7-9-22)18(25)20-17-11-13-4-5-14(17)10-13/h1-3,12-14,17H,4-11H2,(H,20,25)/t13-,14-,17+/m1/s1. The Morgan fingerprint density at radius 1 is 1.15 bits per heavy atom. The quantitative estimate of drug-likeness (QED) is 0.793. The van der Waals surface area contributed by atoms with Gasteiger partial charge in [0.05, 0.1) is 4.90 Å². The van der Waals surface area contributed by atoms with E-state index in [9.17, 15) is 12.8 Å². The monoisotopic (exact) mass is 397 g/mol. The molecule has 1 aromatic rings. The number of hydrogen-bond acceptors (Lipinski definition) is 3. The molecule has 2 saturated carbocycles. The summed E-state index contributed by atoms with van der Waals surface area (Å²) in [6.45, 7) is 1.83. The van der Waals surface area contributed by atoms with Crippen LogP contribution in [0, 0.1) is 17.7 Å². The molecule has 1 aliphatic heterocycles. The van der Waals surface area contributed by atoms with E-state index in [-0.39, 0.29) is 4.90 Å². The van der Waals surface area contributed by atoms with Gasteiger partial charge in [-0.1, -0.05) is 12.5 Å². The van der Waals surface area contributed by atoms with E-state index in [0.29, 0.717) is 32.2 Å². The van der Waals surface area contributed by atoms with Crippen molar-refractivity contribution in [2.75, 3.05) is 26.2 Å². The SMILES string of the molecule is O=S(=O)(c1cccc(F)c1)N1CCN(C(=S)N[C@H]2C[C@@H]3CC[C@@H]2C3)CC1. The normalized spacial score (nSPS) is 29.1. The number of thiocarbonyl (C=S) groups is 1. The number of benzene rings is 1. The number of nitrogens with one attached hydrogen (secondary N) is 1. The minimum absolute atomic E-state index is 0.00799. The predicted octanol–water partition coefficient (Wildman–Crippen LogP) is 2.20. The number of piperazine rings is 1. The molecule has 142 valence electrons. The Morgan fingerprint density at radius 2 is 1.92 bits per heavy atom. The molecule has 0 amide bonds. The molecule has 3 atom stereocenters. The van der Waals surface area contributed by atoms with Gasteiger partial charge in [-0.2, -0.15) is 4.31 Å². The molecule has 26 heavy (non-hydrogen) atoms. The van der Waals surface area contributed by atoms with Gasteiger partial charge in [0.1, 0.15) is 5.82 Å². The van der Waals surface area contributed by atoms with E-state index in [2.05, 4.69) is 10.2 Å². The fourth-order valence-electron chi connectivity index (χ4n) is 4.58. The van der Waals surface area contributed by atoms with Crippen molar-refractivity contribution in [3.63, 3.8) is 0 Å². The van der Waals surface area contributed by atoms with Crippen molar-refractivity contribution in [1.82, 2.24) is 14.5 Å². The number of hydrogen-bond donors (Lipinski definition) is 1. The van der Waals surface area contributed by atoms with Gasteiger partial charge in [-0.25, -0.2) is 12.8 Å². The highest BCUT2D eigenvalue weighted by molar-refractivity contribution is 7.89. The van der Waals surface area contributed by atoms with E-state index >= 15 is 0 Å². The molecule has 0 aromatic heterocycles. The predicted molar refractivity (Wildman–Crippen MR) is 102 cm³/mol. The molecule has 0 spiro atoms. The maximum absolute atomic E-state index is 13.4. The van der Waals surface area contributed by atoms with Gasteiger partial charge in [0.15, 0.2) is 5.11 Å². The van der Waals surface area contributed by atoms with Gasteiger partial charge in [0.25, 0.3) is 0 Å². The van der Waals surface area contributed by atoms with Crippen LogP contribution in [-0.4, -0.2) is 55.0 Å². The van der Waals surface area contributed by atoms with Crippen LogP contribution in [0.3, 0.4) is 0 Å². The first-order chi connectivity index (χ1) is 12.4. The first-order valence-electron chi connectivity index (χ1n) is 9.24. The number of rotatable bonds is 3. The summed E-state index contributed by atoms with van der Waals surface area (Å²) in [6, 6.07) is 5.66. The van der Waals surface area contributed by atoms with Crippen molar-refractivity contribution in [3.05, 3.63) is 30.1 Å². The Bertz CT molecular complexity index is 793. The molecule has 2 aliphatic carbocycles. The molecule has 8 heteroatoms. The van der Waals surface area contributed by atoms with Gasteiger partial charge in [-0.05, 0) is 61.5 Å². The molecule has 3 fully saturated rings. The summed E-state index contributed by atoms with van der Waals surface area (Å²) in [5.74, 6) is 1.06. The first kappa shape index (κ1) is 18.1. The molecule has 0 unspecified atom stereocenters. The van der Waals surface area contributed by atoms with Crippen molar-refractivity contribution in [3.8, 4) is 0 Å². The van der Waals surface area contributed by atoms with Gasteiger partial charge in [0, 0.05) is 32.2 Å². The summed E-state index contributed by atoms with van der Waals surface area (Å²) in [6.07, 6.45) is 5.18. The molecule has 3 aliphatic rings. The van der Waals surface area contributed by atoms with E-state index in [1.54, 1.807) is 0 Å². The molecule has 4 rings (SSSR count). The molecule has 1 heterocycles. The molecule has 1 N–H and O–H groups in total. The lowest BCUT2D eigenvalue weighted by Gasteiger charge is -2.37. The van der Waals surface area contributed by atoms with Crippen LogP contribution >= 0.6 is 12.2 Å². The van der Waals surface area contributed by atoms with Crippen molar-refractivity contribution in [2.45, 2.75) is 36.6 Å². The van der Waals surface area contributed by atoms with Gasteiger partial charge in [0.2, 0.25) is 10.0 Å². The summed E-state index contributed by atoms with van der Waals surface area (Å²) in [7, 11) is -3.66. The van der Waals surface area contributed by atoms with Crippen LogP contribution in [0.2, 0.25) is 0 Å². The zero-order chi connectivity index (χ0) is 18.3. The number of sulfonamides is 1. The van der Waals surface area contributed by atoms with Gasteiger partial charge >= 0.3 is 0 Å². The van der Waals surface area contributed by atoms with Crippen LogP contribution in [0.5, 0.6) is 0 Å². The topological polar surface area (TPSA) is 52.7 Å². The van der Waals surface area contributed by atoms with Crippen molar-refractivity contribution < 1.29 is 12.8 Å². The molecule has 5 nitrogen and oxygen atoms in total. The van der Waals surface area contributed by atoms with Gasteiger partial charge in [-0.15, -0.1) is 0 Å². The second kappa shape index (κ2) is 7.05. The highest BCUT2D eigenvalue weighted by Gasteiger charge is 2.40. The van der Waals surface area contributed by atoms with Crippen molar-refractivity contribution in [1.29, 1.82) is 0 Å². The lowest BCUT2D eigenvalue weighted by molar-refractivity contribution is 0.258. The number of nitrogens with zero attached hydrogens (tertiary/aromatic N) is 2. The zero-order valence-corrected chi connectivity index (χ0v) is 16.2. The Morgan fingerprint density at radius 3 is 2.54 bits per heavy atom. The Kier molecular flexibility index (Phi) is 4.92. The average Bonchev–Trinajstić information content (AvgIpc) is 3.25. The van der Waals surface area contributed by atoms with Crippen LogP contribution in [0.4, 0.5) is 4.39 Å². The molecule has 2 bridgehead atoms. The minimum atomic E-state index is -3.66. The lowest BCUT2D eigenvalue weighted by atomic mass is 9.95. The lowest BCUT2D eigenvalue weighted by Crippen LogP contribution is -2.54. The molecule has 1 aromatic carbocycles. The Balaban J connectivity index is 1.34. The third-order valence-electron chi connectivity index (χ3n) is 6.01. The van der Waals surface area contributed by atoms with Crippen LogP contribution in [0.25, 0.3) is 0 Å². The summed E-state index contributed by atoms with van der Waals surface area (Å²) >= 11 is 5.57. The van der Waals surface area contributed by atoms with E-state index < -0.39 is 15.8 Å². The summed E-state index contributed by atoms with van der Waals surface area (Å²) in [5, 5.41) is 4.25. The maximum Gasteiger partial charge on any atom is 0.243 e. The van der Waals surface area contributed by atoms with Crippen molar-refractivity contribution in [2.24, 2.45) is 11.8 Å². The third kappa shape index (κ3) is 3.46. The van der Waals surface area contributed by atoms with E-state index in [0.717, 1.165) is 23.0 Å². The Labute approximate surface area is 159 Å². The average molecular weight is 398 g/mol. The molecule has 0 radical (unpaired) electrons. The fourth-order valence-corrected chi connectivity index (χ4v) is 6.37. The summed E-state index contributed by atoms with van der Waals surface area (Å²) < 4.78 is 40.1. The fraction of sp³-hybridized carbons (Fsp3) is 0.611. The third-order valence-corrected chi connectivity index (χ3v) is 8.28. The smallest absolute Gasteiger partial charge is 0.243 e. The molecule has 1 saturated heterocycles. The van der Waals surface area contributed by atoms with Crippen LogP contribution in [0.1, 0.15) is 25.7 Å². The highest BCUT2D eigenvalue weighted by Crippen LogP contribution is 2.44. The maximum atomic E-state index is 13.4. The largest absolute Gasteiger partial charge is 0.360 e. The number of fused-ring (bicyclic) bond motifs is 2. The van der Waals surface area contributed by atoms with E-state index in [1.807, 2.05) is 0 Å². The summed E-state index contributed by atoms with van der Waals surface area (Å²) in [4.78, 5) is 2.06. The number of halogens is 1. The molecular formula is C18H24FN3O2S2. The van der Waals surface area contributed by atoms with Crippen molar-refractivity contribution >= 4 is 27.4 Å². The van der Waals surface area contributed by atoms with Gasteiger partial charge < -0.3 is 10.2 Å². The molecular weight excluding hydrogens is 373 g/mol. The van der Waals surface area contributed by atoms with Crippen LogP contribution in [0.15, 0.2) is 29.2 Å². The summed E-state index contributed by atoms with van der Waals surface area (Å²) in [5.41, 5.74) is 0. The Hall–Kier alpha value is -1.25. The van der Waals surface area contributed by atoms with Crippen LogP contribution in [-0.2, 0) is 10.0 Å². The van der Waals surface area contributed by atoms with Crippen LogP contribution < -0.4 is 5.32 Å². The first-order valence-corrected chi connectivity index (χ1v) is 11.1. The second-order valence-electron chi connectivity index (χ2n) is 7.58. The zero-order valence-electron chi connectivity index (χ0n) is 14.6. The van der Waals surface area contributed by atoms with Gasteiger partial charge in [-0.3, -0.25) is 0 Å². The van der Waals surface area contributed by atoms with E-state index in [4.69, 9.17) is 12.2 Å². The van der Waals surface area contributed by atoms with E-state index in [1.165, 1.54) is 48.2 Å².